The number of benzene rings is 1. The van der Waals surface area contributed by atoms with E-state index < -0.39 is 40.3 Å². The number of amides is 3. The van der Waals surface area contributed by atoms with E-state index in [9.17, 15) is 24.3 Å². The quantitative estimate of drug-likeness (QED) is 0.313. The van der Waals surface area contributed by atoms with Crippen molar-refractivity contribution in [3.05, 3.63) is 76.0 Å². The van der Waals surface area contributed by atoms with E-state index in [1.165, 1.54) is 25.0 Å². The summed E-state index contributed by atoms with van der Waals surface area (Å²) in [5.74, 6) is -3.01. The van der Waals surface area contributed by atoms with Gasteiger partial charge in [-0.05, 0) is 37.0 Å². The lowest BCUT2D eigenvalue weighted by Gasteiger charge is -2.34. The fraction of sp³-hybridized carbons (Fsp3) is 0.320. The molecule has 0 saturated carbocycles. The molecular formula is C25H26N8O5. The van der Waals surface area contributed by atoms with Crippen LogP contribution in [0, 0.1) is 0 Å². The predicted molar refractivity (Wildman–Crippen MR) is 133 cm³/mol. The first-order valence-corrected chi connectivity index (χ1v) is 12.0. The third-order valence-electron chi connectivity index (χ3n) is 6.76. The molecule has 3 N–H and O–H groups in total. The fourth-order valence-electron chi connectivity index (χ4n) is 4.72. The monoisotopic (exact) mass is 518 g/mol. The van der Waals surface area contributed by atoms with Crippen molar-refractivity contribution < 1.29 is 19.5 Å². The molecule has 1 aromatic carbocycles. The number of nitrogens with one attached hydrogen (secondary N) is 2. The molecule has 0 fully saturated rings. The molecule has 1 aliphatic carbocycles. The molecule has 4 heterocycles. The van der Waals surface area contributed by atoms with E-state index in [4.69, 9.17) is 0 Å². The Balaban J connectivity index is 1.45. The third kappa shape index (κ3) is 4.42. The maximum atomic E-state index is 13.2. The highest BCUT2D eigenvalue weighted by Crippen LogP contribution is 2.39. The fourth-order valence-corrected chi connectivity index (χ4v) is 4.72. The molecule has 1 atom stereocenters. The highest BCUT2D eigenvalue weighted by Gasteiger charge is 2.44. The Morgan fingerprint density at radius 2 is 2.05 bits per heavy atom. The Morgan fingerprint density at radius 1 is 1.24 bits per heavy atom. The minimum Gasteiger partial charge on any atom is -0.501 e. The lowest BCUT2D eigenvalue weighted by Crippen LogP contribution is -2.53. The summed E-state index contributed by atoms with van der Waals surface area (Å²) in [4.78, 5) is 60.8. The van der Waals surface area contributed by atoms with Crippen molar-refractivity contribution in [2.75, 3.05) is 14.1 Å². The molecule has 13 nitrogen and oxygen atoms in total. The van der Waals surface area contributed by atoms with Gasteiger partial charge in [-0.2, -0.15) is 5.10 Å². The average Bonchev–Trinajstić information content (AvgIpc) is 3.36. The molecule has 1 unspecified atom stereocenters. The minimum absolute atomic E-state index is 0.0891. The summed E-state index contributed by atoms with van der Waals surface area (Å²) in [7, 11) is 2.93. The molecule has 196 valence electrons. The zero-order chi connectivity index (χ0) is 27.0. The first-order chi connectivity index (χ1) is 18.2. The number of hydrogen-bond acceptors (Lipinski definition) is 8. The molecule has 3 aromatic rings. The van der Waals surface area contributed by atoms with Crippen LogP contribution in [0.2, 0.25) is 0 Å². The number of aromatic nitrogens is 5. The second-order valence-electron chi connectivity index (χ2n) is 9.52. The first kappa shape index (κ1) is 24.9. The van der Waals surface area contributed by atoms with Crippen LogP contribution in [0.4, 0.5) is 0 Å². The predicted octanol–water partition coefficient (Wildman–Crippen LogP) is -0.0168. The average molecular weight is 519 g/mol. The van der Waals surface area contributed by atoms with Crippen LogP contribution in [0.5, 0.6) is 5.75 Å². The first-order valence-electron chi connectivity index (χ1n) is 12.0. The smallest absolute Gasteiger partial charge is 0.311 e. The van der Waals surface area contributed by atoms with Gasteiger partial charge >= 0.3 is 11.8 Å². The van der Waals surface area contributed by atoms with Crippen molar-refractivity contribution >= 4 is 17.7 Å². The second-order valence-corrected chi connectivity index (χ2v) is 9.52. The second kappa shape index (κ2) is 9.57. The van der Waals surface area contributed by atoms with Gasteiger partial charge in [0.2, 0.25) is 5.75 Å². The Kier molecular flexibility index (Phi) is 6.27. The highest BCUT2D eigenvalue weighted by molar-refractivity contribution is 6.35. The Morgan fingerprint density at radius 3 is 2.74 bits per heavy atom. The molecule has 38 heavy (non-hydrogen) atoms. The van der Waals surface area contributed by atoms with Crippen LogP contribution in [0.1, 0.15) is 41.1 Å². The standard InChI is InChI=1S/C25H26N8O5/c1-31(2)23(38)21(36)30-25-8-6-15(7-9-25)12-32-22(37)19(34)18(29-24(25)32)20(35)27-11-16-4-3-5-17(10-16)33-14-26-13-28-33/h3-6,10,13-14,34H,7-9,11-12H2,1-2H3,(H,27,35)(H,30,36). The SMILES string of the molecule is CN(C)C(=O)C(=O)NC12CC=C(CC1)Cn1c2nc(C(=O)NCc2cccc(-n3cncn3)c2)c(O)c1=O. The van der Waals surface area contributed by atoms with Crippen LogP contribution in [0.3, 0.4) is 0 Å². The van der Waals surface area contributed by atoms with Crippen LogP contribution >= 0.6 is 0 Å². The number of carbonyl (C=O) groups excluding carboxylic acids is 3. The molecule has 2 bridgehead atoms. The molecule has 13 heteroatoms. The molecule has 3 aliphatic rings. The van der Waals surface area contributed by atoms with Gasteiger partial charge in [-0.3, -0.25) is 23.7 Å². The van der Waals surface area contributed by atoms with Crippen molar-refractivity contribution in [2.24, 2.45) is 0 Å². The highest BCUT2D eigenvalue weighted by atomic mass is 16.3. The van der Waals surface area contributed by atoms with E-state index in [0.29, 0.717) is 19.3 Å². The zero-order valence-corrected chi connectivity index (χ0v) is 20.8. The molecule has 2 aliphatic heterocycles. The van der Waals surface area contributed by atoms with E-state index in [2.05, 4.69) is 25.7 Å². The molecule has 0 spiro atoms. The summed E-state index contributed by atoms with van der Waals surface area (Å²) < 4.78 is 2.84. The van der Waals surface area contributed by atoms with Crippen LogP contribution in [0.15, 0.2) is 53.4 Å². The van der Waals surface area contributed by atoms with E-state index >= 15 is 0 Å². The zero-order valence-electron chi connectivity index (χ0n) is 20.8. The van der Waals surface area contributed by atoms with Gasteiger partial charge in [0.05, 0.1) is 5.69 Å². The van der Waals surface area contributed by atoms with Crippen molar-refractivity contribution in [3.8, 4) is 11.4 Å². The van der Waals surface area contributed by atoms with E-state index in [1.54, 1.807) is 23.1 Å². The molecule has 0 radical (unpaired) electrons. The summed E-state index contributed by atoms with van der Waals surface area (Å²) >= 11 is 0. The summed E-state index contributed by atoms with van der Waals surface area (Å²) in [6.45, 7) is 0.261. The van der Waals surface area contributed by atoms with Crippen LogP contribution < -0.4 is 16.2 Å². The number of hydrogen-bond donors (Lipinski definition) is 3. The van der Waals surface area contributed by atoms with Crippen molar-refractivity contribution in [1.82, 2.24) is 39.8 Å². The van der Waals surface area contributed by atoms with E-state index in [1.807, 2.05) is 18.2 Å². The van der Waals surface area contributed by atoms with Gasteiger partial charge in [0.25, 0.3) is 11.5 Å². The van der Waals surface area contributed by atoms with Gasteiger partial charge in [0.15, 0.2) is 5.69 Å². The van der Waals surface area contributed by atoms with Gasteiger partial charge in [0, 0.05) is 27.2 Å². The summed E-state index contributed by atoms with van der Waals surface area (Å²) in [6.07, 6.45) is 6.10. The van der Waals surface area contributed by atoms with Crippen LogP contribution in [-0.2, 0) is 28.2 Å². The van der Waals surface area contributed by atoms with E-state index in [-0.39, 0.29) is 18.9 Å². The number of carbonyl (C=O) groups is 3. The molecule has 3 amide bonds. The van der Waals surface area contributed by atoms with Gasteiger partial charge in [0.1, 0.15) is 24.0 Å². The summed E-state index contributed by atoms with van der Waals surface area (Å²) in [5.41, 5.74) is 0.00919. The Hall–Kier alpha value is -4.81. The summed E-state index contributed by atoms with van der Waals surface area (Å²) in [6, 6.07) is 7.25. The van der Waals surface area contributed by atoms with Gasteiger partial charge < -0.3 is 20.6 Å². The third-order valence-corrected chi connectivity index (χ3v) is 6.76. The lowest BCUT2D eigenvalue weighted by molar-refractivity contribution is -0.145. The largest absolute Gasteiger partial charge is 0.501 e. The number of fused-ring (bicyclic) bond motifs is 2. The Bertz CT molecular complexity index is 1520. The van der Waals surface area contributed by atoms with Crippen molar-refractivity contribution in [2.45, 2.75) is 37.9 Å². The maximum Gasteiger partial charge on any atom is 0.311 e. The van der Waals surface area contributed by atoms with E-state index in [0.717, 1.165) is 21.7 Å². The number of rotatable bonds is 5. The van der Waals surface area contributed by atoms with Crippen molar-refractivity contribution in [3.63, 3.8) is 0 Å². The number of nitrogens with zero attached hydrogens (tertiary/aromatic N) is 6. The summed E-state index contributed by atoms with van der Waals surface area (Å²) in [5, 5.41) is 20.2. The van der Waals surface area contributed by atoms with Gasteiger partial charge in [-0.25, -0.2) is 14.6 Å². The normalized spacial score (nSPS) is 17.7. The Labute approximate surface area is 216 Å². The van der Waals surface area contributed by atoms with Gasteiger partial charge in [-0.1, -0.05) is 23.8 Å². The molecule has 2 aromatic heterocycles. The number of likely N-dealkylation sites (N-methyl/N-ethyl adjacent to an activating group) is 1. The maximum absolute atomic E-state index is 13.2. The molecule has 6 rings (SSSR count). The van der Waals surface area contributed by atoms with Crippen LogP contribution in [0.25, 0.3) is 5.69 Å². The van der Waals surface area contributed by atoms with Crippen LogP contribution in [-0.4, -0.2) is 66.1 Å². The topological polar surface area (TPSA) is 164 Å². The van der Waals surface area contributed by atoms with Gasteiger partial charge in [-0.15, -0.1) is 0 Å². The number of allylic oxidation sites excluding steroid dienone is 1. The molecule has 0 saturated heterocycles. The number of aromatic hydroxyl groups is 1. The molecular weight excluding hydrogens is 492 g/mol. The minimum atomic E-state index is -1.18. The lowest BCUT2D eigenvalue weighted by atomic mass is 9.83. The van der Waals surface area contributed by atoms with Crippen molar-refractivity contribution in [1.29, 1.82) is 0 Å².